The van der Waals surface area contributed by atoms with Crippen molar-refractivity contribution in [2.45, 2.75) is 77.7 Å². The van der Waals surface area contributed by atoms with E-state index in [1.807, 2.05) is 0 Å². The molecular weight excluding hydrogens is 194 g/mol. The Morgan fingerprint density at radius 2 is 1.81 bits per heavy atom. The minimum Gasteiger partial charge on any atom is -0.327 e. The molecule has 0 aromatic heterocycles. The van der Waals surface area contributed by atoms with Crippen LogP contribution in [0.25, 0.3) is 0 Å². The van der Waals surface area contributed by atoms with Crippen LogP contribution in [0.4, 0.5) is 0 Å². The van der Waals surface area contributed by atoms with E-state index in [1.165, 1.54) is 57.8 Å². The van der Waals surface area contributed by atoms with Crippen LogP contribution in [-0.2, 0) is 0 Å². The predicted octanol–water partition coefficient (Wildman–Crippen LogP) is 4.11. The lowest BCUT2D eigenvalue weighted by Gasteiger charge is -2.37. The van der Waals surface area contributed by atoms with Crippen LogP contribution in [0.3, 0.4) is 0 Å². The van der Waals surface area contributed by atoms with Crippen molar-refractivity contribution >= 4 is 0 Å². The largest absolute Gasteiger partial charge is 0.327 e. The highest BCUT2D eigenvalue weighted by Gasteiger charge is 2.39. The summed E-state index contributed by atoms with van der Waals surface area (Å²) in [6, 6.07) is 0.484. The zero-order valence-electron chi connectivity index (χ0n) is 11.2. The Labute approximate surface area is 101 Å². The Bertz CT molecular complexity index is 211. The van der Waals surface area contributed by atoms with Gasteiger partial charge in [-0.05, 0) is 49.4 Å². The zero-order chi connectivity index (χ0) is 11.6. The van der Waals surface area contributed by atoms with Gasteiger partial charge in [-0.1, -0.05) is 39.5 Å². The number of hydrogen-bond donors (Lipinski definition) is 1. The van der Waals surface area contributed by atoms with Crippen molar-refractivity contribution < 1.29 is 0 Å². The molecule has 0 saturated heterocycles. The summed E-state index contributed by atoms with van der Waals surface area (Å²) in [5, 5.41) is 0. The van der Waals surface area contributed by atoms with Crippen molar-refractivity contribution in [1.29, 1.82) is 0 Å². The van der Waals surface area contributed by atoms with Crippen LogP contribution in [0, 0.1) is 17.3 Å². The van der Waals surface area contributed by atoms with E-state index < -0.39 is 0 Å². The van der Waals surface area contributed by atoms with E-state index >= 15 is 0 Å². The first-order valence-corrected chi connectivity index (χ1v) is 7.38. The first-order chi connectivity index (χ1) is 7.62. The second kappa shape index (κ2) is 5.08. The van der Waals surface area contributed by atoms with Gasteiger partial charge in [0.15, 0.2) is 0 Å². The van der Waals surface area contributed by atoms with Crippen LogP contribution >= 0.6 is 0 Å². The van der Waals surface area contributed by atoms with Gasteiger partial charge in [-0.3, -0.25) is 0 Å². The number of rotatable bonds is 6. The first-order valence-electron chi connectivity index (χ1n) is 7.38. The van der Waals surface area contributed by atoms with Gasteiger partial charge in [-0.2, -0.15) is 0 Å². The molecule has 1 unspecified atom stereocenters. The van der Waals surface area contributed by atoms with Crippen LogP contribution in [-0.4, -0.2) is 6.04 Å². The molecule has 1 heteroatoms. The van der Waals surface area contributed by atoms with Crippen LogP contribution < -0.4 is 5.73 Å². The SMILES string of the molecule is CC(C)CC1(C(N)CCC2CC2)CCCC1. The lowest BCUT2D eigenvalue weighted by atomic mass is 9.71. The molecule has 16 heavy (non-hydrogen) atoms. The lowest BCUT2D eigenvalue weighted by molar-refractivity contribution is 0.172. The summed E-state index contributed by atoms with van der Waals surface area (Å²) in [5.74, 6) is 1.86. The average molecular weight is 223 g/mol. The lowest BCUT2D eigenvalue weighted by Crippen LogP contribution is -2.40. The third-order valence-corrected chi connectivity index (χ3v) is 4.78. The molecule has 2 fully saturated rings. The van der Waals surface area contributed by atoms with E-state index in [-0.39, 0.29) is 0 Å². The Hall–Kier alpha value is -0.0400. The Balaban J connectivity index is 1.88. The van der Waals surface area contributed by atoms with E-state index in [0.717, 1.165) is 11.8 Å². The molecule has 2 saturated carbocycles. The molecule has 2 aliphatic carbocycles. The van der Waals surface area contributed by atoms with Crippen LogP contribution in [0.15, 0.2) is 0 Å². The second-order valence-electron chi connectivity index (χ2n) is 6.79. The predicted molar refractivity (Wildman–Crippen MR) is 70.3 cm³/mol. The Kier molecular flexibility index (Phi) is 3.94. The molecule has 0 aromatic rings. The highest BCUT2D eigenvalue weighted by Crippen LogP contribution is 2.47. The normalized spacial score (nSPS) is 26.2. The smallest absolute Gasteiger partial charge is 0.00957 e. The summed E-state index contributed by atoms with van der Waals surface area (Å²) in [7, 11) is 0. The van der Waals surface area contributed by atoms with Crippen molar-refractivity contribution in [3.05, 3.63) is 0 Å². The Morgan fingerprint density at radius 3 is 2.31 bits per heavy atom. The van der Waals surface area contributed by atoms with E-state index in [1.54, 1.807) is 0 Å². The van der Waals surface area contributed by atoms with E-state index in [9.17, 15) is 0 Å². The third kappa shape index (κ3) is 3.00. The van der Waals surface area contributed by atoms with Gasteiger partial charge in [0.25, 0.3) is 0 Å². The molecule has 94 valence electrons. The molecule has 0 aliphatic heterocycles. The standard InChI is InChI=1S/C15H29N/c1-12(2)11-15(9-3-4-10-15)14(16)8-7-13-5-6-13/h12-14H,3-11,16H2,1-2H3. The third-order valence-electron chi connectivity index (χ3n) is 4.78. The quantitative estimate of drug-likeness (QED) is 0.720. The van der Waals surface area contributed by atoms with Crippen molar-refractivity contribution in [1.82, 2.24) is 0 Å². The molecule has 0 amide bonds. The van der Waals surface area contributed by atoms with Gasteiger partial charge in [0, 0.05) is 6.04 Å². The summed E-state index contributed by atoms with van der Waals surface area (Å²) in [6.07, 6.45) is 12.6. The monoisotopic (exact) mass is 223 g/mol. The minimum absolute atomic E-state index is 0.484. The van der Waals surface area contributed by atoms with Crippen LogP contribution in [0.1, 0.15) is 71.6 Å². The van der Waals surface area contributed by atoms with Gasteiger partial charge >= 0.3 is 0 Å². The fourth-order valence-electron chi connectivity index (χ4n) is 3.75. The second-order valence-corrected chi connectivity index (χ2v) is 6.79. The maximum Gasteiger partial charge on any atom is 0.00957 e. The van der Waals surface area contributed by atoms with E-state index in [4.69, 9.17) is 5.73 Å². The van der Waals surface area contributed by atoms with Gasteiger partial charge in [-0.25, -0.2) is 0 Å². The summed E-state index contributed by atoms with van der Waals surface area (Å²) in [5.41, 5.74) is 7.06. The molecule has 0 spiro atoms. The summed E-state index contributed by atoms with van der Waals surface area (Å²) >= 11 is 0. The van der Waals surface area contributed by atoms with Crippen molar-refractivity contribution in [3.8, 4) is 0 Å². The molecule has 2 N–H and O–H groups in total. The van der Waals surface area contributed by atoms with Gasteiger partial charge in [0.05, 0.1) is 0 Å². The van der Waals surface area contributed by atoms with E-state index in [2.05, 4.69) is 13.8 Å². The van der Waals surface area contributed by atoms with Crippen molar-refractivity contribution in [2.75, 3.05) is 0 Å². The fourth-order valence-corrected chi connectivity index (χ4v) is 3.75. The van der Waals surface area contributed by atoms with Crippen LogP contribution in [0.2, 0.25) is 0 Å². The molecule has 0 heterocycles. The van der Waals surface area contributed by atoms with Crippen LogP contribution in [0.5, 0.6) is 0 Å². The van der Waals surface area contributed by atoms with Crippen molar-refractivity contribution in [2.24, 2.45) is 23.0 Å². The molecule has 2 aliphatic rings. The zero-order valence-corrected chi connectivity index (χ0v) is 11.2. The number of nitrogens with two attached hydrogens (primary N) is 1. The molecule has 1 atom stereocenters. The number of hydrogen-bond acceptors (Lipinski definition) is 1. The molecule has 2 rings (SSSR count). The minimum atomic E-state index is 0.484. The molecular formula is C15H29N. The summed E-state index contributed by atoms with van der Waals surface area (Å²) < 4.78 is 0. The molecule has 1 nitrogen and oxygen atoms in total. The Morgan fingerprint density at radius 1 is 1.19 bits per heavy atom. The summed E-state index contributed by atoms with van der Waals surface area (Å²) in [4.78, 5) is 0. The summed E-state index contributed by atoms with van der Waals surface area (Å²) in [6.45, 7) is 4.71. The van der Waals surface area contributed by atoms with Gasteiger partial charge in [-0.15, -0.1) is 0 Å². The fraction of sp³-hybridized carbons (Fsp3) is 1.00. The molecule has 0 bridgehead atoms. The molecule has 0 radical (unpaired) electrons. The molecule has 0 aromatic carbocycles. The van der Waals surface area contributed by atoms with Gasteiger partial charge < -0.3 is 5.73 Å². The average Bonchev–Trinajstić information content (AvgIpc) is 2.94. The highest BCUT2D eigenvalue weighted by molar-refractivity contribution is 4.94. The van der Waals surface area contributed by atoms with Gasteiger partial charge in [0.1, 0.15) is 0 Å². The van der Waals surface area contributed by atoms with Gasteiger partial charge in [0.2, 0.25) is 0 Å². The highest BCUT2D eigenvalue weighted by atomic mass is 14.7. The van der Waals surface area contributed by atoms with Crippen molar-refractivity contribution in [3.63, 3.8) is 0 Å². The topological polar surface area (TPSA) is 26.0 Å². The maximum atomic E-state index is 6.54. The van der Waals surface area contributed by atoms with E-state index in [0.29, 0.717) is 11.5 Å². The maximum absolute atomic E-state index is 6.54. The first kappa shape index (κ1) is 12.4.